The van der Waals surface area contributed by atoms with Crippen molar-refractivity contribution in [1.29, 1.82) is 0 Å². The topological polar surface area (TPSA) is 24.5 Å². The molecule has 2 rings (SSSR count). The molecule has 20 heavy (non-hydrogen) atoms. The van der Waals surface area contributed by atoms with Gasteiger partial charge in [-0.1, -0.05) is 20.8 Å². The summed E-state index contributed by atoms with van der Waals surface area (Å²) in [4.78, 5) is 2.59. The Morgan fingerprint density at radius 1 is 1.05 bits per heavy atom. The maximum absolute atomic E-state index is 6.09. The Kier molecular flexibility index (Phi) is 6.31. The van der Waals surface area contributed by atoms with Gasteiger partial charge in [-0.05, 0) is 64.6 Å². The highest BCUT2D eigenvalue weighted by Gasteiger charge is 2.35. The van der Waals surface area contributed by atoms with E-state index in [2.05, 4.69) is 31.0 Å². The molecule has 0 amide bonds. The lowest BCUT2D eigenvalue weighted by Crippen LogP contribution is -2.49. The highest BCUT2D eigenvalue weighted by atomic mass is 16.5. The van der Waals surface area contributed by atoms with Gasteiger partial charge in [0.25, 0.3) is 0 Å². The molecule has 1 N–H and O–H groups in total. The molecule has 0 aromatic rings. The highest BCUT2D eigenvalue weighted by Crippen LogP contribution is 2.31. The van der Waals surface area contributed by atoms with E-state index >= 15 is 0 Å². The van der Waals surface area contributed by atoms with Crippen molar-refractivity contribution in [2.45, 2.75) is 83.4 Å². The summed E-state index contributed by atoms with van der Waals surface area (Å²) in [7, 11) is 0. The summed E-state index contributed by atoms with van der Waals surface area (Å²) in [6.45, 7) is 11.5. The Morgan fingerprint density at radius 2 is 1.85 bits per heavy atom. The van der Waals surface area contributed by atoms with Crippen LogP contribution in [0.1, 0.15) is 65.7 Å². The summed E-state index contributed by atoms with van der Waals surface area (Å²) >= 11 is 0. The van der Waals surface area contributed by atoms with Gasteiger partial charge < -0.3 is 15.0 Å². The van der Waals surface area contributed by atoms with Gasteiger partial charge in [-0.3, -0.25) is 0 Å². The molecule has 0 saturated carbocycles. The second-order valence-electron chi connectivity index (χ2n) is 6.66. The number of nitrogens with one attached hydrogen (secondary N) is 1. The molecule has 0 aliphatic carbocycles. The lowest BCUT2D eigenvalue weighted by atomic mass is 9.85. The van der Waals surface area contributed by atoms with Gasteiger partial charge in [0.15, 0.2) is 0 Å². The number of hydrogen-bond donors (Lipinski definition) is 1. The minimum Gasteiger partial charge on any atom is -0.375 e. The van der Waals surface area contributed by atoms with E-state index in [1.165, 1.54) is 51.7 Å². The average molecular weight is 282 g/mol. The third-order valence-corrected chi connectivity index (χ3v) is 5.52. The van der Waals surface area contributed by atoms with Crippen molar-refractivity contribution in [3.63, 3.8) is 0 Å². The third-order valence-electron chi connectivity index (χ3n) is 5.52. The molecule has 3 nitrogen and oxygen atoms in total. The first-order chi connectivity index (χ1) is 9.71. The van der Waals surface area contributed by atoms with E-state index in [-0.39, 0.29) is 5.60 Å². The zero-order valence-corrected chi connectivity index (χ0v) is 13.8. The fraction of sp³-hybridized carbons (Fsp3) is 1.00. The van der Waals surface area contributed by atoms with Gasteiger partial charge in [0.1, 0.15) is 0 Å². The molecule has 118 valence electrons. The largest absolute Gasteiger partial charge is 0.375 e. The molecule has 3 heteroatoms. The first-order valence-corrected chi connectivity index (χ1v) is 8.83. The molecular weight excluding hydrogens is 248 g/mol. The summed E-state index contributed by atoms with van der Waals surface area (Å²) in [5, 5.41) is 3.96. The predicted molar refractivity (Wildman–Crippen MR) is 85.2 cm³/mol. The summed E-state index contributed by atoms with van der Waals surface area (Å²) in [6.07, 6.45) is 8.70. The molecular formula is C17H34N2O. The quantitative estimate of drug-likeness (QED) is 0.838. The van der Waals surface area contributed by atoms with Gasteiger partial charge >= 0.3 is 0 Å². The second kappa shape index (κ2) is 7.77. The van der Waals surface area contributed by atoms with Gasteiger partial charge in [-0.25, -0.2) is 0 Å². The van der Waals surface area contributed by atoms with Crippen LogP contribution in [0.2, 0.25) is 0 Å². The van der Waals surface area contributed by atoms with E-state index in [1.54, 1.807) is 0 Å². The summed E-state index contributed by atoms with van der Waals surface area (Å²) in [5.41, 5.74) is 0.149. The van der Waals surface area contributed by atoms with Crippen LogP contribution >= 0.6 is 0 Å². The van der Waals surface area contributed by atoms with Gasteiger partial charge in [0, 0.05) is 18.7 Å². The fourth-order valence-corrected chi connectivity index (χ4v) is 3.88. The summed E-state index contributed by atoms with van der Waals surface area (Å²) in [5.74, 6) is 0. The summed E-state index contributed by atoms with van der Waals surface area (Å²) in [6, 6.07) is 1.39. The standard InChI is InChI=1S/C17H34N2O/c1-4-17(5-2)14-16(10-13-20-17)18-15-8-7-11-19(6-3)12-9-15/h15-16,18H,4-14H2,1-3H3. The van der Waals surface area contributed by atoms with Gasteiger partial charge in [0.2, 0.25) is 0 Å². The molecule has 0 aromatic carbocycles. The van der Waals surface area contributed by atoms with E-state index in [1.807, 2.05) is 0 Å². The van der Waals surface area contributed by atoms with Crippen molar-refractivity contribution < 1.29 is 4.74 Å². The molecule has 2 aliphatic heterocycles. The summed E-state index contributed by atoms with van der Waals surface area (Å²) < 4.78 is 6.09. The molecule has 0 aromatic heterocycles. The smallest absolute Gasteiger partial charge is 0.0692 e. The normalized spacial score (nSPS) is 31.9. The maximum atomic E-state index is 6.09. The number of likely N-dealkylation sites (tertiary alicyclic amines) is 1. The van der Waals surface area contributed by atoms with Gasteiger partial charge in [-0.15, -0.1) is 0 Å². The van der Waals surface area contributed by atoms with Crippen LogP contribution in [0.4, 0.5) is 0 Å². The Morgan fingerprint density at radius 3 is 2.55 bits per heavy atom. The molecule has 2 saturated heterocycles. The molecule has 2 atom stereocenters. The van der Waals surface area contributed by atoms with E-state index in [9.17, 15) is 0 Å². The van der Waals surface area contributed by atoms with Crippen molar-refractivity contribution >= 4 is 0 Å². The first-order valence-electron chi connectivity index (χ1n) is 8.83. The molecule has 2 unspecified atom stereocenters. The Labute approximate surface area is 125 Å². The Balaban J connectivity index is 1.83. The van der Waals surface area contributed by atoms with Crippen LogP contribution in [-0.4, -0.2) is 48.8 Å². The SMILES string of the molecule is CCN1CCCC(NC2CCOC(CC)(CC)C2)CC1. The van der Waals surface area contributed by atoms with Crippen molar-refractivity contribution in [3.8, 4) is 0 Å². The van der Waals surface area contributed by atoms with Crippen LogP contribution in [0.15, 0.2) is 0 Å². The van der Waals surface area contributed by atoms with Crippen LogP contribution in [0.5, 0.6) is 0 Å². The van der Waals surface area contributed by atoms with Gasteiger partial charge in [-0.2, -0.15) is 0 Å². The number of hydrogen-bond acceptors (Lipinski definition) is 3. The Bertz CT molecular complexity index is 278. The highest BCUT2D eigenvalue weighted by molar-refractivity contribution is 4.90. The molecule has 2 heterocycles. The maximum Gasteiger partial charge on any atom is 0.0692 e. The minimum absolute atomic E-state index is 0.149. The monoisotopic (exact) mass is 282 g/mol. The van der Waals surface area contributed by atoms with Gasteiger partial charge in [0.05, 0.1) is 5.60 Å². The molecule has 2 fully saturated rings. The number of rotatable bonds is 5. The first kappa shape index (κ1) is 16.3. The number of ether oxygens (including phenoxy) is 1. The zero-order valence-electron chi connectivity index (χ0n) is 13.8. The van der Waals surface area contributed by atoms with E-state index in [0.717, 1.165) is 25.5 Å². The van der Waals surface area contributed by atoms with Crippen molar-refractivity contribution in [2.24, 2.45) is 0 Å². The van der Waals surface area contributed by atoms with Crippen molar-refractivity contribution in [1.82, 2.24) is 10.2 Å². The molecule has 0 radical (unpaired) electrons. The lowest BCUT2D eigenvalue weighted by molar-refractivity contribution is -0.0942. The average Bonchev–Trinajstić information content (AvgIpc) is 2.72. The molecule has 2 aliphatic rings. The third kappa shape index (κ3) is 4.19. The van der Waals surface area contributed by atoms with Crippen LogP contribution in [0.25, 0.3) is 0 Å². The minimum atomic E-state index is 0.149. The van der Waals surface area contributed by atoms with E-state index in [4.69, 9.17) is 4.74 Å². The van der Waals surface area contributed by atoms with E-state index < -0.39 is 0 Å². The van der Waals surface area contributed by atoms with Crippen LogP contribution in [0, 0.1) is 0 Å². The predicted octanol–water partition coefficient (Wildman–Crippen LogP) is 3.19. The van der Waals surface area contributed by atoms with E-state index in [0.29, 0.717) is 6.04 Å². The fourth-order valence-electron chi connectivity index (χ4n) is 3.88. The zero-order chi connectivity index (χ0) is 14.4. The second-order valence-corrected chi connectivity index (χ2v) is 6.66. The van der Waals surface area contributed by atoms with Crippen molar-refractivity contribution in [3.05, 3.63) is 0 Å². The van der Waals surface area contributed by atoms with Crippen LogP contribution in [-0.2, 0) is 4.74 Å². The van der Waals surface area contributed by atoms with Crippen molar-refractivity contribution in [2.75, 3.05) is 26.2 Å². The Hall–Kier alpha value is -0.120. The van der Waals surface area contributed by atoms with Crippen LogP contribution < -0.4 is 5.32 Å². The van der Waals surface area contributed by atoms with Crippen LogP contribution in [0.3, 0.4) is 0 Å². The number of nitrogens with zero attached hydrogens (tertiary/aromatic N) is 1. The molecule has 0 spiro atoms. The lowest BCUT2D eigenvalue weighted by Gasteiger charge is -2.41. The molecule has 0 bridgehead atoms.